The number of hydrogen-bond acceptors (Lipinski definition) is 2. The lowest BCUT2D eigenvalue weighted by Gasteiger charge is -2.10. The summed E-state index contributed by atoms with van der Waals surface area (Å²) in [5.74, 6) is 1.02. The van der Waals surface area contributed by atoms with Gasteiger partial charge in [0.25, 0.3) is 0 Å². The Morgan fingerprint density at radius 3 is 3.15 bits per heavy atom. The van der Waals surface area contributed by atoms with E-state index in [2.05, 4.69) is 22.4 Å². The van der Waals surface area contributed by atoms with E-state index in [0.717, 1.165) is 12.5 Å². The Labute approximate surface area is 78.9 Å². The SMILES string of the molecule is CC(NCCC1CC1)c1ccn[nH]1. The van der Waals surface area contributed by atoms with Crippen LogP contribution in [0.15, 0.2) is 12.3 Å². The summed E-state index contributed by atoms with van der Waals surface area (Å²) < 4.78 is 0. The van der Waals surface area contributed by atoms with Gasteiger partial charge in [0.1, 0.15) is 0 Å². The predicted molar refractivity (Wildman–Crippen MR) is 52.3 cm³/mol. The lowest BCUT2D eigenvalue weighted by Crippen LogP contribution is -2.20. The van der Waals surface area contributed by atoms with Crippen LogP contribution in [0.5, 0.6) is 0 Å². The van der Waals surface area contributed by atoms with Gasteiger partial charge in [-0.3, -0.25) is 5.10 Å². The largest absolute Gasteiger partial charge is 0.309 e. The van der Waals surface area contributed by atoms with E-state index in [1.54, 1.807) is 6.20 Å². The maximum absolute atomic E-state index is 3.93. The molecular formula is C10H17N3. The molecule has 1 atom stereocenters. The van der Waals surface area contributed by atoms with E-state index in [0.29, 0.717) is 6.04 Å². The second-order valence-electron chi connectivity index (χ2n) is 3.92. The van der Waals surface area contributed by atoms with Crippen molar-refractivity contribution in [2.75, 3.05) is 6.54 Å². The zero-order valence-corrected chi connectivity index (χ0v) is 8.09. The second-order valence-corrected chi connectivity index (χ2v) is 3.92. The third-order valence-corrected chi connectivity index (χ3v) is 2.69. The maximum atomic E-state index is 3.93. The van der Waals surface area contributed by atoms with Crippen LogP contribution in [0.4, 0.5) is 0 Å². The van der Waals surface area contributed by atoms with Gasteiger partial charge in [0, 0.05) is 12.2 Å². The van der Waals surface area contributed by atoms with E-state index in [1.807, 2.05) is 6.07 Å². The Morgan fingerprint density at radius 1 is 1.69 bits per heavy atom. The number of aromatic amines is 1. The fourth-order valence-corrected chi connectivity index (χ4v) is 1.53. The van der Waals surface area contributed by atoms with Crippen LogP contribution in [-0.2, 0) is 0 Å². The first-order valence-electron chi connectivity index (χ1n) is 5.09. The lowest BCUT2D eigenvalue weighted by molar-refractivity contribution is 0.530. The van der Waals surface area contributed by atoms with Gasteiger partial charge in [0.15, 0.2) is 0 Å². The Morgan fingerprint density at radius 2 is 2.54 bits per heavy atom. The fraction of sp³-hybridized carbons (Fsp3) is 0.700. The second kappa shape index (κ2) is 3.92. The van der Waals surface area contributed by atoms with Gasteiger partial charge in [-0.15, -0.1) is 0 Å². The molecule has 0 radical (unpaired) electrons. The van der Waals surface area contributed by atoms with Crippen LogP contribution in [0.3, 0.4) is 0 Å². The Hall–Kier alpha value is -0.830. The smallest absolute Gasteiger partial charge is 0.0518 e. The van der Waals surface area contributed by atoms with Gasteiger partial charge in [0.2, 0.25) is 0 Å². The molecule has 0 bridgehead atoms. The molecule has 3 heteroatoms. The number of nitrogens with zero attached hydrogens (tertiary/aromatic N) is 1. The highest BCUT2D eigenvalue weighted by Crippen LogP contribution is 2.31. The predicted octanol–water partition coefficient (Wildman–Crippen LogP) is 1.86. The molecule has 1 saturated carbocycles. The summed E-state index contributed by atoms with van der Waals surface area (Å²) in [4.78, 5) is 0. The topological polar surface area (TPSA) is 40.7 Å². The van der Waals surface area contributed by atoms with E-state index in [9.17, 15) is 0 Å². The molecule has 1 aliphatic rings. The summed E-state index contributed by atoms with van der Waals surface area (Å²) in [7, 11) is 0. The molecule has 0 saturated heterocycles. The fourth-order valence-electron chi connectivity index (χ4n) is 1.53. The van der Waals surface area contributed by atoms with E-state index in [4.69, 9.17) is 0 Å². The van der Waals surface area contributed by atoms with Gasteiger partial charge in [-0.2, -0.15) is 5.10 Å². The Kier molecular flexibility index (Phi) is 2.64. The first-order valence-corrected chi connectivity index (χ1v) is 5.09. The zero-order valence-electron chi connectivity index (χ0n) is 8.09. The van der Waals surface area contributed by atoms with Crippen molar-refractivity contribution in [3.8, 4) is 0 Å². The van der Waals surface area contributed by atoms with Crippen molar-refractivity contribution in [2.45, 2.75) is 32.2 Å². The average molecular weight is 179 g/mol. The van der Waals surface area contributed by atoms with Crippen LogP contribution in [0.2, 0.25) is 0 Å². The molecule has 0 aliphatic heterocycles. The van der Waals surface area contributed by atoms with Crippen molar-refractivity contribution in [3.63, 3.8) is 0 Å². The normalized spacial score (nSPS) is 18.8. The van der Waals surface area contributed by atoms with E-state index >= 15 is 0 Å². The molecule has 1 aliphatic carbocycles. The molecule has 3 nitrogen and oxygen atoms in total. The van der Waals surface area contributed by atoms with Gasteiger partial charge in [-0.05, 0) is 31.9 Å². The standard InChI is InChI=1S/C10H17N3/c1-8(10-5-7-12-13-10)11-6-4-9-2-3-9/h5,7-9,11H,2-4,6H2,1H3,(H,12,13). The van der Waals surface area contributed by atoms with Crippen LogP contribution in [-0.4, -0.2) is 16.7 Å². The number of nitrogens with one attached hydrogen (secondary N) is 2. The molecule has 1 fully saturated rings. The van der Waals surface area contributed by atoms with Crippen molar-refractivity contribution in [2.24, 2.45) is 5.92 Å². The summed E-state index contributed by atoms with van der Waals surface area (Å²) in [6.07, 6.45) is 6.02. The number of rotatable bonds is 5. The van der Waals surface area contributed by atoms with Gasteiger partial charge in [-0.1, -0.05) is 12.8 Å². The first-order chi connectivity index (χ1) is 6.36. The molecule has 1 heterocycles. The van der Waals surface area contributed by atoms with Crippen LogP contribution in [0.25, 0.3) is 0 Å². The minimum absolute atomic E-state index is 0.404. The molecule has 2 rings (SSSR count). The highest BCUT2D eigenvalue weighted by molar-refractivity contribution is 5.02. The van der Waals surface area contributed by atoms with E-state index in [1.165, 1.54) is 25.0 Å². The average Bonchev–Trinajstić information content (AvgIpc) is 2.80. The highest BCUT2D eigenvalue weighted by atomic mass is 15.1. The van der Waals surface area contributed by atoms with E-state index < -0.39 is 0 Å². The quantitative estimate of drug-likeness (QED) is 0.724. The molecule has 13 heavy (non-hydrogen) atoms. The number of aromatic nitrogens is 2. The number of hydrogen-bond donors (Lipinski definition) is 2. The van der Waals surface area contributed by atoms with Gasteiger partial charge >= 0.3 is 0 Å². The Bertz CT molecular complexity index is 239. The third-order valence-electron chi connectivity index (χ3n) is 2.69. The highest BCUT2D eigenvalue weighted by Gasteiger charge is 2.20. The van der Waals surface area contributed by atoms with Crippen molar-refractivity contribution >= 4 is 0 Å². The summed E-state index contributed by atoms with van der Waals surface area (Å²) in [6.45, 7) is 3.30. The van der Waals surface area contributed by atoms with Gasteiger partial charge in [-0.25, -0.2) is 0 Å². The molecule has 1 aromatic rings. The molecular weight excluding hydrogens is 162 g/mol. The van der Waals surface area contributed by atoms with Crippen molar-refractivity contribution in [1.29, 1.82) is 0 Å². The zero-order chi connectivity index (χ0) is 9.10. The summed E-state index contributed by atoms with van der Waals surface area (Å²) in [5, 5.41) is 10.4. The summed E-state index contributed by atoms with van der Waals surface area (Å²) in [6, 6.07) is 2.43. The third kappa shape index (κ3) is 2.56. The van der Waals surface area contributed by atoms with Crippen LogP contribution >= 0.6 is 0 Å². The monoisotopic (exact) mass is 179 g/mol. The Balaban J connectivity index is 1.68. The van der Waals surface area contributed by atoms with Gasteiger partial charge in [0.05, 0.1) is 5.69 Å². The minimum atomic E-state index is 0.404. The summed E-state index contributed by atoms with van der Waals surface area (Å²) >= 11 is 0. The van der Waals surface area contributed by atoms with Crippen LogP contribution in [0.1, 0.15) is 37.9 Å². The van der Waals surface area contributed by atoms with Crippen molar-refractivity contribution in [1.82, 2.24) is 15.5 Å². The van der Waals surface area contributed by atoms with Gasteiger partial charge < -0.3 is 5.32 Å². The van der Waals surface area contributed by atoms with Crippen molar-refractivity contribution in [3.05, 3.63) is 18.0 Å². The van der Waals surface area contributed by atoms with Crippen molar-refractivity contribution < 1.29 is 0 Å². The molecule has 1 aromatic heterocycles. The minimum Gasteiger partial charge on any atom is -0.309 e. The first kappa shape index (κ1) is 8.75. The maximum Gasteiger partial charge on any atom is 0.0518 e. The van der Waals surface area contributed by atoms with E-state index in [-0.39, 0.29) is 0 Å². The molecule has 1 unspecified atom stereocenters. The van der Waals surface area contributed by atoms with Crippen LogP contribution < -0.4 is 5.32 Å². The lowest BCUT2D eigenvalue weighted by atomic mass is 10.2. The number of H-pyrrole nitrogens is 1. The molecule has 2 N–H and O–H groups in total. The molecule has 72 valence electrons. The van der Waals surface area contributed by atoms with Crippen LogP contribution in [0, 0.1) is 5.92 Å². The molecule has 0 amide bonds. The molecule has 0 aromatic carbocycles. The molecule has 0 spiro atoms. The summed E-state index contributed by atoms with van der Waals surface area (Å²) in [5.41, 5.74) is 1.18.